The highest BCUT2D eigenvalue weighted by molar-refractivity contribution is 7.98. The molecule has 0 spiro atoms. The van der Waals surface area contributed by atoms with Crippen LogP contribution in [-0.2, 0) is 4.79 Å². The molecule has 4 heteroatoms. The molecular weight excluding hydrogens is 194 g/mol. The lowest BCUT2D eigenvalue weighted by molar-refractivity contribution is -0.120. The van der Waals surface area contributed by atoms with Crippen LogP contribution in [0.15, 0.2) is 0 Å². The number of alkyl halides is 1. The van der Waals surface area contributed by atoms with E-state index in [1.165, 1.54) is 12.2 Å². The van der Waals surface area contributed by atoms with Gasteiger partial charge >= 0.3 is 0 Å². The van der Waals surface area contributed by atoms with Gasteiger partial charge < -0.3 is 5.32 Å². The van der Waals surface area contributed by atoms with Crippen LogP contribution in [-0.4, -0.2) is 30.3 Å². The Morgan fingerprint density at radius 1 is 1.50 bits per heavy atom. The van der Waals surface area contributed by atoms with Crippen molar-refractivity contribution in [3.05, 3.63) is 0 Å². The SMILES string of the molecule is CSCCCCNC(=O)CCCl. The summed E-state index contributed by atoms with van der Waals surface area (Å²) in [5, 5.41) is 2.81. The van der Waals surface area contributed by atoms with Gasteiger partial charge in [0.05, 0.1) is 0 Å². The van der Waals surface area contributed by atoms with Crippen LogP contribution in [0.5, 0.6) is 0 Å². The van der Waals surface area contributed by atoms with Crippen molar-refractivity contribution in [1.29, 1.82) is 0 Å². The topological polar surface area (TPSA) is 29.1 Å². The quantitative estimate of drug-likeness (QED) is 0.513. The van der Waals surface area contributed by atoms with E-state index >= 15 is 0 Å². The average molecular weight is 210 g/mol. The van der Waals surface area contributed by atoms with Gasteiger partial charge in [-0.15, -0.1) is 11.6 Å². The molecule has 0 aliphatic heterocycles. The number of hydrogen-bond acceptors (Lipinski definition) is 2. The smallest absolute Gasteiger partial charge is 0.221 e. The van der Waals surface area contributed by atoms with E-state index in [0.29, 0.717) is 12.3 Å². The summed E-state index contributed by atoms with van der Waals surface area (Å²) in [6, 6.07) is 0. The van der Waals surface area contributed by atoms with E-state index in [4.69, 9.17) is 11.6 Å². The Balaban J connectivity index is 3.03. The van der Waals surface area contributed by atoms with Gasteiger partial charge in [0.15, 0.2) is 0 Å². The lowest BCUT2D eigenvalue weighted by atomic mass is 10.3. The van der Waals surface area contributed by atoms with Gasteiger partial charge in [0.2, 0.25) is 5.91 Å². The zero-order valence-electron chi connectivity index (χ0n) is 7.44. The number of nitrogens with one attached hydrogen (secondary N) is 1. The van der Waals surface area contributed by atoms with Crippen molar-refractivity contribution < 1.29 is 4.79 Å². The summed E-state index contributed by atoms with van der Waals surface area (Å²) >= 11 is 7.23. The maximum Gasteiger partial charge on any atom is 0.221 e. The van der Waals surface area contributed by atoms with E-state index in [0.717, 1.165) is 13.0 Å². The van der Waals surface area contributed by atoms with Crippen LogP contribution in [0.2, 0.25) is 0 Å². The molecule has 1 amide bonds. The molecule has 0 aromatic carbocycles. The number of carbonyl (C=O) groups is 1. The van der Waals surface area contributed by atoms with Crippen molar-refractivity contribution in [2.45, 2.75) is 19.3 Å². The molecule has 0 bridgehead atoms. The van der Waals surface area contributed by atoms with Crippen LogP contribution in [0.25, 0.3) is 0 Å². The second kappa shape index (κ2) is 9.20. The Morgan fingerprint density at radius 2 is 2.25 bits per heavy atom. The minimum Gasteiger partial charge on any atom is -0.356 e. The Hall–Kier alpha value is 0.110. The summed E-state index contributed by atoms with van der Waals surface area (Å²) < 4.78 is 0. The molecule has 0 aliphatic rings. The first kappa shape index (κ1) is 12.1. The van der Waals surface area contributed by atoms with E-state index in [-0.39, 0.29) is 5.91 Å². The fraction of sp³-hybridized carbons (Fsp3) is 0.875. The molecule has 0 aliphatic carbocycles. The molecule has 0 heterocycles. The van der Waals surface area contributed by atoms with Crippen LogP contribution in [0.3, 0.4) is 0 Å². The average Bonchev–Trinajstić information content (AvgIpc) is 2.05. The molecule has 0 unspecified atom stereocenters. The standard InChI is InChI=1S/C8H16ClNOS/c1-12-7-3-2-6-10-8(11)4-5-9/h2-7H2,1H3,(H,10,11). The molecule has 2 nitrogen and oxygen atoms in total. The Kier molecular flexibility index (Phi) is 9.28. The summed E-state index contributed by atoms with van der Waals surface area (Å²) in [5.41, 5.74) is 0. The van der Waals surface area contributed by atoms with Crippen molar-refractivity contribution in [2.24, 2.45) is 0 Å². The van der Waals surface area contributed by atoms with Crippen molar-refractivity contribution in [2.75, 3.05) is 24.4 Å². The highest BCUT2D eigenvalue weighted by Gasteiger charge is 1.97. The van der Waals surface area contributed by atoms with E-state index in [1.807, 2.05) is 11.8 Å². The fourth-order valence-corrected chi connectivity index (χ4v) is 1.44. The van der Waals surface area contributed by atoms with Gasteiger partial charge in [-0.05, 0) is 24.9 Å². The number of unbranched alkanes of at least 4 members (excludes halogenated alkanes) is 1. The number of hydrogen-bond donors (Lipinski definition) is 1. The van der Waals surface area contributed by atoms with Crippen LogP contribution < -0.4 is 5.32 Å². The van der Waals surface area contributed by atoms with E-state index in [9.17, 15) is 4.79 Å². The first-order valence-electron chi connectivity index (χ1n) is 4.13. The second-order valence-electron chi connectivity index (χ2n) is 2.49. The molecule has 0 aromatic heterocycles. The number of halogens is 1. The molecule has 0 aromatic rings. The minimum atomic E-state index is 0.0640. The Morgan fingerprint density at radius 3 is 2.83 bits per heavy atom. The molecule has 0 atom stereocenters. The lowest BCUT2D eigenvalue weighted by Gasteiger charge is -2.02. The zero-order valence-corrected chi connectivity index (χ0v) is 9.01. The number of thioether (sulfide) groups is 1. The summed E-state index contributed by atoms with van der Waals surface area (Å²) in [4.78, 5) is 10.9. The van der Waals surface area contributed by atoms with Crippen LogP contribution in [0.1, 0.15) is 19.3 Å². The summed E-state index contributed by atoms with van der Waals surface area (Å²) in [5.74, 6) is 1.65. The molecule has 0 rings (SSSR count). The Bertz CT molecular complexity index is 122. The molecule has 0 saturated heterocycles. The summed E-state index contributed by atoms with van der Waals surface area (Å²) in [6.45, 7) is 0.788. The molecule has 0 radical (unpaired) electrons. The van der Waals surface area contributed by atoms with Crippen molar-refractivity contribution in [1.82, 2.24) is 5.32 Å². The van der Waals surface area contributed by atoms with Crippen LogP contribution >= 0.6 is 23.4 Å². The first-order valence-corrected chi connectivity index (χ1v) is 6.05. The van der Waals surface area contributed by atoms with Gasteiger partial charge in [-0.2, -0.15) is 11.8 Å². The van der Waals surface area contributed by atoms with E-state index in [2.05, 4.69) is 11.6 Å². The van der Waals surface area contributed by atoms with Gasteiger partial charge in [0.25, 0.3) is 0 Å². The Labute approximate surface area is 83.4 Å². The fourth-order valence-electron chi connectivity index (χ4n) is 0.773. The van der Waals surface area contributed by atoms with Crippen LogP contribution in [0, 0.1) is 0 Å². The van der Waals surface area contributed by atoms with Gasteiger partial charge in [0, 0.05) is 18.8 Å². The van der Waals surface area contributed by atoms with E-state index < -0.39 is 0 Å². The third kappa shape index (κ3) is 8.21. The summed E-state index contributed by atoms with van der Waals surface area (Å²) in [7, 11) is 0. The third-order valence-corrected chi connectivity index (χ3v) is 2.30. The predicted octanol–water partition coefficient (Wildman–Crippen LogP) is 1.87. The molecule has 72 valence electrons. The normalized spacial score (nSPS) is 9.83. The minimum absolute atomic E-state index is 0.0640. The van der Waals surface area contributed by atoms with Gasteiger partial charge in [0.1, 0.15) is 0 Å². The molecule has 0 fully saturated rings. The largest absolute Gasteiger partial charge is 0.356 e. The molecule has 12 heavy (non-hydrogen) atoms. The first-order chi connectivity index (χ1) is 5.81. The second-order valence-corrected chi connectivity index (χ2v) is 3.85. The monoisotopic (exact) mass is 209 g/mol. The van der Waals surface area contributed by atoms with Gasteiger partial charge in [-0.25, -0.2) is 0 Å². The third-order valence-electron chi connectivity index (χ3n) is 1.42. The zero-order chi connectivity index (χ0) is 9.23. The highest BCUT2D eigenvalue weighted by Crippen LogP contribution is 1.97. The van der Waals surface area contributed by atoms with Crippen LogP contribution in [0.4, 0.5) is 0 Å². The number of carbonyl (C=O) groups excluding carboxylic acids is 1. The molecule has 1 N–H and O–H groups in total. The maximum absolute atomic E-state index is 10.9. The van der Waals surface area contributed by atoms with Crippen molar-refractivity contribution in [3.63, 3.8) is 0 Å². The van der Waals surface area contributed by atoms with Gasteiger partial charge in [-0.3, -0.25) is 4.79 Å². The lowest BCUT2D eigenvalue weighted by Crippen LogP contribution is -2.24. The number of rotatable bonds is 7. The van der Waals surface area contributed by atoms with Crippen molar-refractivity contribution in [3.8, 4) is 0 Å². The number of amides is 1. The van der Waals surface area contributed by atoms with E-state index in [1.54, 1.807) is 0 Å². The maximum atomic E-state index is 10.9. The molecular formula is C8H16ClNOS. The van der Waals surface area contributed by atoms with Crippen molar-refractivity contribution >= 4 is 29.3 Å². The summed E-state index contributed by atoms with van der Waals surface area (Å²) in [6.07, 6.45) is 4.76. The van der Waals surface area contributed by atoms with Gasteiger partial charge in [-0.1, -0.05) is 0 Å². The molecule has 0 saturated carbocycles. The predicted molar refractivity (Wildman–Crippen MR) is 56.0 cm³/mol. The highest BCUT2D eigenvalue weighted by atomic mass is 35.5.